The van der Waals surface area contributed by atoms with Crippen LogP contribution in [0.25, 0.3) is 92.3 Å². The Hall–Kier alpha value is -6.43. The van der Waals surface area contributed by atoms with Crippen LogP contribution >= 0.6 is 11.3 Å². The largest absolute Gasteiger partial charge is 0.308 e. The number of fused-ring (bicyclic) bond motifs is 9. The van der Waals surface area contributed by atoms with E-state index in [0.29, 0.717) is 5.82 Å². The Balaban J connectivity index is 1.20. The van der Waals surface area contributed by atoms with Gasteiger partial charge in [-0.1, -0.05) is 116 Å². The maximum absolute atomic E-state index is 5.19. The van der Waals surface area contributed by atoms with Crippen molar-refractivity contribution in [1.82, 2.24) is 19.4 Å². The van der Waals surface area contributed by atoms with E-state index in [2.05, 4.69) is 115 Å². The van der Waals surface area contributed by atoms with E-state index in [1.165, 1.54) is 31.9 Å². The Morgan fingerprint density at radius 2 is 1.34 bits per heavy atom. The van der Waals surface area contributed by atoms with Crippen molar-refractivity contribution in [3.8, 4) is 22.0 Å². The molecule has 6 aromatic carbocycles. The van der Waals surface area contributed by atoms with Crippen molar-refractivity contribution in [2.45, 2.75) is 0 Å². The zero-order valence-corrected chi connectivity index (χ0v) is 27.8. The van der Waals surface area contributed by atoms with Gasteiger partial charge in [0.2, 0.25) is 0 Å². The maximum atomic E-state index is 5.19. The van der Waals surface area contributed by atoms with Crippen molar-refractivity contribution in [2.75, 3.05) is 0 Å². The fourth-order valence-corrected chi connectivity index (χ4v) is 8.49. The fourth-order valence-electron chi connectivity index (χ4n) is 7.38. The molecule has 0 spiro atoms. The third kappa shape index (κ3) is 4.27. The predicted molar refractivity (Wildman–Crippen MR) is 212 cm³/mol. The summed E-state index contributed by atoms with van der Waals surface area (Å²) in [6.07, 6.45) is 3.93. The summed E-state index contributed by atoms with van der Waals surface area (Å²) in [5, 5.41) is 6.83. The van der Waals surface area contributed by atoms with Crippen LogP contribution in [0.3, 0.4) is 0 Å². The first-order valence-electron chi connectivity index (χ1n) is 16.6. The van der Waals surface area contributed by atoms with Crippen molar-refractivity contribution < 1.29 is 0 Å². The minimum absolute atomic E-state index is 0.662. The average Bonchev–Trinajstić information content (AvgIpc) is 3.86. The molecule has 5 heteroatoms. The molecule has 4 heterocycles. The van der Waals surface area contributed by atoms with Gasteiger partial charge in [-0.15, -0.1) is 11.3 Å². The van der Waals surface area contributed by atoms with E-state index in [1.54, 1.807) is 11.3 Å². The van der Waals surface area contributed by atoms with Crippen LogP contribution in [0.2, 0.25) is 0 Å². The lowest BCUT2D eigenvalue weighted by atomic mass is 10.00. The number of para-hydroxylation sites is 2. The average molecular weight is 657 g/mol. The van der Waals surface area contributed by atoms with Crippen LogP contribution < -0.4 is 0 Å². The number of allylic oxidation sites excluding steroid dienone is 4. The SMILES string of the molecule is C=C/C(=C\C(=C)c1nc(-c2ccc3c(c2)c2cc4nc(-c5ccccc5)sc4c4c5ccccc5n3c24)nc2ccccc12)c1ccccc1. The van der Waals surface area contributed by atoms with E-state index in [1.807, 2.05) is 48.5 Å². The van der Waals surface area contributed by atoms with Crippen LogP contribution in [-0.4, -0.2) is 19.4 Å². The highest BCUT2D eigenvalue weighted by Crippen LogP contribution is 2.46. The van der Waals surface area contributed by atoms with E-state index < -0.39 is 0 Å². The summed E-state index contributed by atoms with van der Waals surface area (Å²) in [4.78, 5) is 15.5. The summed E-state index contributed by atoms with van der Waals surface area (Å²) in [5.74, 6) is 0.662. The molecule has 50 heavy (non-hydrogen) atoms. The van der Waals surface area contributed by atoms with Crippen LogP contribution in [0, 0.1) is 0 Å². The third-order valence-electron chi connectivity index (χ3n) is 9.66. The monoisotopic (exact) mass is 656 g/mol. The van der Waals surface area contributed by atoms with Crippen LogP contribution in [-0.2, 0) is 0 Å². The molecule has 0 N–H and O–H groups in total. The van der Waals surface area contributed by atoms with Gasteiger partial charge >= 0.3 is 0 Å². The van der Waals surface area contributed by atoms with E-state index in [9.17, 15) is 0 Å². The maximum Gasteiger partial charge on any atom is 0.160 e. The van der Waals surface area contributed by atoms with Gasteiger partial charge < -0.3 is 4.40 Å². The molecule has 0 aliphatic rings. The van der Waals surface area contributed by atoms with Gasteiger partial charge in [0.25, 0.3) is 0 Å². The van der Waals surface area contributed by atoms with Gasteiger partial charge in [0.15, 0.2) is 5.82 Å². The quantitative estimate of drug-likeness (QED) is 0.167. The lowest BCUT2D eigenvalue weighted by Gasteiger charge is -2.11. The highest BCUT2D eigenvalue weighted by atomic mass is 32.1. The summed E-state index contributed by atoms with van der Waals surface area (Å²) in [5.41, 5.74) is 11.2. The summed E-state index contributed by atoms with van der Waals surface area (Å²) < 4.78 is 3.63. The number of hydrogen-bond donors (Lipinski definition) is 0. The van der Waals surface area contributed by atoms with Gasteiger partial charge in [-0.3, -0.25) is 0 Å². The minimum atomic E-state index is 0.662. The molecule has 0 fully saturated rings. The standard InChI is InChI=1S/C45H28N4S/c1-3-28(29-14-6-4-7-15-29)24-27(2)41-32-18-10-12-20-36(32)46-44(48-41)31-22-23-39-34(25-31)35-26-37-43(50-45(47-37)30-16-8-5-9-17-30)40-33-19-11-13-21-38(33)49(39)42(35)40/h3-26H,1-2H2/b28-24+. The molecule has 0 aliphatic carbocycles. The molecule has 0 saturated heterocycles. The second kappa shape index (κ2) is 11.1. The molecule has 0 amide bonds. The van der Waals surface area contributed by atoms with Crippen LogP contribution in [0.5, 0.6) is 0 Å². The summed E-state index contributed by atoms with van der Waals surface area (Å²) in [7, 11) is 0. The first-order chi connectivity index (χ1) is 24.7. The Morgan fingerprint density at radius 1 is 0.620 bits per heavy atom. The summed E-state index contributed by atoms with van der Waals surface area (Å²) in [6.45, 7) is 8.57. The molecule has 0 aliphatic heterocycles. The van der Waals surface area contributed by atoms with Gasteiger partial charge in [-0.05, 0) is 59.2 Å². The predicted octanol–water partition coefficient (Wildman–Crippen LogP) is 12.0. The van der Waals surface area contributed by atoms with Crippen LogP contribution in [0.4, 0.5) is 0 Å². The number of nitrogens with zero attached hydrogens (tertiary/aromatic N) is 4. The number of aromatic nitrogens is 4. The van der Waals surface area contributed by atoms with Gasteiger partial charge in [-0.25, -0.2) is 15.0 Å². The second-order valence-corrected chi connectivity index (χ2v) is 13.6. The Morgan fingerprint density at radius 3 is 2.16 bits per heavy atom. The van der Waals surface area contributed by atoms with E-state index >= 15 is 0 Å². The molecule has 0 radical (unpaired) electrons. The second-order valence-electron chi connectivity index (χ2n) is 12.6. The summed E-state index contributed by atoms with van der Waals surface area (Å²) >= 11 is 1.77. The third-order valence-corrected chi connectivity index (χ3v) is 10.8. The molecular weight excluding hydrogens is 629 g/mol. The van der Waals surface area contributed by atoms with E-state index in [4.69, 9.17) is 15.0 Å². The highest BCUT2D eigenvalue weighted by Gasteiger charge is 2.23. The van der Waals surface area contributed by atoms with Gasteiger partial charge in [0.1, 0.15) is 5.01 Å². The number of thiazole rings is 1. The zero-order chi connectivity index (χ0) is 33.3. The van der Waals surface area contributed by atoms with Crippen LogP contribution in [0.1, 0.15) is 11.3 Å². The normalized spacial score (nSPS) is 12.3. The fraction of sp³-hybridized carbons (Fsp3) is 0. The highest BCUT2D eigenvalue weighted by molar-refractivity contribution is 7.22. The molecule has 4 aromatic heterocycles. The number of benzene rings is 6. The lowest BCUT2D eigenvalue weighted by molar-refractivity contribution is 1.21. The number of rotatable bonds is 6. The van der Waals surface area contributed by atoms with Crippen molar-refractivity contribution >= 4 is 81.7 Å². The molecule has 4 nitrogen and oxygen atoms in total. The van der Waals surface area contributed by atoms with Crippen molar-refractivity contribution in [3.05, 3.63) is 170 Å². The molecule has 234 valence electrons. The van der Waals surface area contributed by atoms with Crippen molar-refractivity contribution in [3.63, 3.8) is 0 Å². The van der Waals surface area contributed by atoms with E-state index in [-0.39, 0.29) is 0 Å². The first-order valence-corrected chi connectivity index (χ1v) is 17.4. The lowest BCUT2D eigenvalue weighted by Crippen LogP contribution is -1.97. The van der Waals surface area contributed by atoms with Gasteiger partial charge in [0.05, 0.1) is 38.0 Å². The van der Waals surface area contributed by atoms with Crippen molar-refractivity contribution in [1.29, 1.82) is 0 Å². The smallest absolute Gasteiger partial charge is 0.160 e. The molecule has 10 aromatic rings. The molecule has 0 atom stereocenters. The molecule has 0 bridgehead atoms. The molecular formula is C45H28N4S. The Labute approximate surface area is 292 Å². The molecule has 0 saturated carbocycles. The summed E-state index contributed by atoms with van der Waals surface area (Å²) in [6, 6.07) is 46.4. The topological polar surface area (TPSA) is 43.1 Å². The Kier molecular flexibility index (Phi) is 6.32. The van der Waals surface area contributed by atoms with Gasteiger partial charge in [-0.2, -0.15) is 0 Å². The van der Waals surface area contributed by atoms with Crippen LogP contribution in [0.15, 0.2) is 159 Å². The van der Waals surface area contributed by atoms with E-state index in [0.717, 1.165) is 65.9 Å². The Bertz CT molecular complexity index is 3000. The minimum Gasteiger partial charge on any atom is -0.308 e. The van der Waals surface area contributed by atoms with Gasteiger partial charge in [0, 0.05) is 38.1 Å². The molecule has 10 rings (SSSR count). The number of hydrogen-bond acceptors (Lipinski definition) is 4. The zero-order valence-electron chi connectivity index (χ0n) is 27.0. The molecule has 0 unspecified atom stereocenters. The van der Waals surface area contributed by atoms with Crippen molar-refractivity contribution in [2.24, 2.45) is 0 Å². The first kappa shape index (κ1) is 28.6.